The van der Waals surface area contributed by atoms with Crippen LogP contribution in [0.1, 0.15) is 5.56 Å². The lowest BCUT2D eigenvalue weighted by atomic mass is 10.2. The van der Waals surface area contributed by atoms with Crippen LogP contribution in [0.2, 0.25) is 10.0 Å². The molecule has 0 spiro atoms. The number of aromatic nitrogens is 3. The fourth-order valence-electron chi connectivity index (χ4n) is 3.13. The van der Waals surface area contributed by atoms with Crippen LogP contribution in [-0.2, 0) is 17.9 Å². The van der Waals surface area contributed by atoms with Crippen LogP contribution in [0.25, 0.3) is 10.9 Å². The number of hydrogen-bond donors (Lipinski definition) is 1. The summed E-state index contributed by atoms with van der Waals surface area (Å²) in [6, 6.07) is 15.7. The van der Waals surface area contributed by atoms with E-state index in [4.69, 9.17) is 23.2 Å². The molecule has 2 heterocycles. The second-order valence-electron chi connectivity index (χ2n) is 6.46. The lowest BCUT2D eigenvalue weighted by molar-refractivity contribution is -0.116. The molecule has 6 nitrogen and oxygen atoms in total. The van der Waals surface area contributed by atoms with Gasteiger partial charge in [0.2, 0.25) is 5.91 Å². The van der Waals surface area contributed by atoms with Gasteiger partial charge in [-0.15, -0.1) is 0 Å². The number of rotatable bonds is 5. The number of amides is 1. The second kappa shape index (κ2) is 8.11. The molecule has 0 atom stereocenters. The number of pyridine rings is 1. The maximum absolute atomic E-state index is 12.6. The Kier molecular flexibility index (Phi) is 5.38. The van der Waals surface area contributed by atoms with Gasteiger partial charge in [0.15, 0.2) is 5.43 Å². The third-order valence-corrected chi connectivity index (χ3v) is 5.39. The summed E-state index contributed by atoms with van der Waals surface area (Å²) >= 11 is 12.3. The van der Waals surface area contributed by atoms with E-state index in [1.54, 1.807) is 45.9 Å². The molecule has 4 rings (SSSR count). The molecular weight excluding hydrogens is 411 g/mol. The van der Waals surface area contributed by atoms with Crippen molar-refractivity contribution in [2.24, 2.45) is 0 Å². The van der Waals surface area contributed by atoms with E-state index in [0.29, 0.717) is 33.3 Å². The first kappa shape index (κ1) is 19.2. The van der Waals surface area contributed by atoms with Gasteiger partial charge in [-0.2, -0.15) is 5.10 Å². The van der Waals surface area contributed by atoms with Gasteiger partial charge in [-0.05, 0) is 23.8 Å². The SMILES string of the molecule is O=C(Cn1ccc(=O)c2ccccc21)Nc1ccnn1Cc1cccc(Cl)c1Cl. The molecule has 8 heteroatoms. The van der Waals surface area contributed by atoms with E-state index < -0.39 is 0 Å². The van der Waals surface area contributed by atoms with Crippen molar-refractivity contribution in [3.05, 3.63) is 92.8 Å². The summed E-state index contributed by atoms with van der Waals surface area (Å²) in [6.45, 7) is 0.423. The second-order valence-corrected chi connectivity index (χ2v) is 7.25. The van der Waals surface area contributed by atoms with Crippen molar-refractivity contribution in [2.45, 2.75) is 13.1 Å². The Balaban J connectivity index is 1.54. The number of fused-ring (bicyclic) bond motifs is 1. The Morgan fingerprint density at radius 1 is 1.03 bits per heavy atom. The Morgan fingerprint density at radius 3 is 2.72 bits per heavy atom. The van der Waals surface area contributed by atoms with Crippen LogP contribution in [0, 0.1) is 0 Å². The van der Waals surface area contributed by atoms with Gasteiger partial charge in [0.05, 0.1) is 28.3 Å². The monoisotopic (exact) mass is 426 g/mol. The molecule has 0 unspecified atom stereocenters. The summed E-state index contributed by atoms with van der Waals surface area (Å²) < 4.78 is 3.37. The summed E-state index contributed by atoms with van der Waals surface area (Å²) in [5, 5.41) is 8.61. The predicted octanol–water partition coefficient (Wildman–Crippen LogP) is 4.19. The number of para-hydroxylation sites is 1. The minimum atomic E-state index is -0.238. The van der Waals surface area contributed by atoms with E-state index in [1.165, 1.54) is 6.07 Å². The molecule has 146 valence electrons. The summed E-state index contributed by atoms with van der Waals surface area (Å²) in [7, 11) is 0. The molecule has 0 aliphatic heterocycles. The zero-order valence-electron chi connectivity index (χ0n) is 15.2. The maximum atomic E-state index is 12.6. The number of nitrogens with zero attached hydrogens (tertiary/aromatic N) is 3. The molecular formula is C21H16Cl2N4O2. The van der Waals surface area contributed by atoms with Crippen LogP contribution < -0.4 is 10.7 Å². The Morgan fingerprint density at radius 2 is 1.86 bits per heavy atom. The number of benzene rings is 2. The summed E-state index contributed by atoms with van der Waals surface area (Å²) in [5.74, 6) is 0.300. The van der Waals surface area contributed by atoms with E-state index >= 15 is 0 Å². The Labute approximate surface area is 176 Å². The normalized spacial score (nSPS) is 11.0. The molecule has 4 aromatic rings. The summed E-state index contributed by atoms with van der Waals surface area (Å²) in [6.07, 6.45) is 3.22. The van der Waals surface area contributed by atoms with Crippen LogP contribution in [0.5, 0.6) is 0 Å². The molecule has 0 aliphatic carbocycles. The standard InChI is InChI=1S/C21H16Cl2N4O2/c22-16-6-3-4-14(21(16)23)12-27-19(8-10-24-27)25-20(29)13-26-11-9-18(28)15-5-1-2-7-17(15)26/h1-11H,12-13H2,(H,25,29). The Hall–Kier alpha value is -3.09. The van der Waals surface area contributed by atoms with Crippen molar-refractivity contribution in [3.8, 4) is 0 Å². The first-order chi connectivity index (χ1) is 14.0. The Bertz CT molecular complexity index is 1260. The number of halogens is 2. The van der Waals surface area contributed by atoms with Gasteiger partial charge in [0.1, 0.15) is 12.4 Å². The van der Waals surface area contributed by atoms with Crippen LogP contribution in [0.3, 0.4) is 0 Å². The molecule has 1 amide bonds. The van der Waals surface area contributed by atoms with Crippen molar-refractivity contribution in [2.75, 3.05) is 5.32 Å². The fourth-order valence-corrected chi connectivity index (χ4v) is 3.51. The van der Waals surface area contributed by atoms with Crippen molar-refractivity contribution in [1.29, 1.82) is 0 Å². The average molecular weight is 427 g/mol. The molecule has 29 heavy (non-hydrogen) atoms. The predicted molar refractivity (Wildman–Crippen MR) is 115 cm³/mol. The molecule has 0 fully saturated rings. The zero-order chi connectivity index (χ0) is 20.4. The molecule has 0 bridgehead atoms. The quantitative estimate of drug-likeness (QED) is 0.519. The van der Waals surface area contributed by atoms with Gasteiger partial charge in [-0.25, -0.2) is 4.68 Å². The van der Waals surface area contributed by atoms with Crippen molar-refractivity contribution in [1.82, 2.24) is 14.3 Å². The largest absolute Gasteiger partial charge is 0.338 e. The highest BCUT2D eigenvalue weighted by atomic mass is 35.5. The minimum absolute atomic E-state index is 0.0594. The number of carbonyl (C=O) groups is 1. The van der Waals surface area contributed by atoms with Crippen LogP contribution in [0.15, 0.2) is 71.8 Å². The van der Waals surface area contributed by atoms with Crippen LogP contribution in [-0.4, -0.2) is 20.3 Å². The molecule has 0 saturated heterocycles. The topological polar surface area (TPSA) is 68.9 Å². The van der Waals surface area contributed by atoms with Crippen molar-refractivity contribution >= 4 is 45.8 Å². The van der Waals surface area contributed by atoms with Gasteiger partial charge < -0.3 is 9.88 Å². The van der Waals surface area contributed by atoms with Crippen molar-refractivity contribution < 1.29 is 4.79 Å². The minimum Gasteiger partial charge on any atom is -0.338 e. The molecule has 0 aliphatic rings. The van der Waals surface area contributed by atoms with Gasteiger partial charge in [-0.3, -0.25) is 9.59 Å². The third-order valence-electron chi connectivity index (χ3n) is 4.53. The number of nitrogens with one attached hydrogen (secondary N) is 1. The van der Waals surface area contributed by atoms with E-state index in [1.807, 2.05) is 24.3 Å². The van der Waals surface area contributed by atoms with E-state index in [9.17, 15) is 9.59 Å². The number of hydrogen-bond acceptors (Lipinski definition) is 3. The molecule has 0 saturated carbocycles. The maximum Gasteiger partial charge on any atom is 0.245 e. The van der Waals surface area contributed by atoms with E-state index in [2.05, 4.69) is 10.4 Å². The van der Waals surface area contributed by atoms with Crippen LogP contribution >= 0.6 is 23.2 Å². The van der Waals surface area contributed by atoms with Crippen molar-refractivity contribution in [3.63, 3.8) is 0 Å². The van der Waals surface area contributed by atoms with E-state index in [0.717, 1.165) is 5.56 Å². The molecule has 0 radical (unpaired) electrons. The fraction of sp³-hybridized carbons (Fsp3) is 0.0952. The molecule has 2 aromatic carbocycles. The van der Waals surface area contributed by atoms with Gasteiger partial charge in [0, 0.05) is 23.7 Å². The first-order valence-electron chi connectivity index (χ1n) is 8.85. The third kappa shape index (κ3) is 4.04. The summed E-state index contributed by atoms with van der Waals surface area (Å²) in [4.78, 5) is 24.6. The van der Waals surface area contributed by atoms with Gasteiger partial charge >= 0.3 is 0 Å². The lowest BCUT2D eigenvalue weighted by Crippen LogP contribution is -2.22. The highest BCUT2D eigenvalue weighted by molar-refractivity contribution is 6.42. The lowest BCUT2D eigenvalue weighted by Gasteiger charge is -2.13. The van der Waals surface area contributed by atoms with Gasteiger partial charge in [-0.1, -0.05) is 47.5 Å². The average Bonchev–Trinajstić information content (AvgIpc) is 3.14. The number of anilines is 1. The van der Waals surface area contributed by atoms with E-state index in [-0.39, 0.29) is 17.9 Å². The first-order valence-corrected chi connectivity index (χ1v) is 9.61. The van der Waals surface area contributed by atoms with Gasteiger partial charge in [0.25, 0.3) is 0 Å². The highest BCUT2D eigenvalue weighted by Gasteiger charge is 2.12. The molecule has 1 N–H and O–H groups in total. The number of carbonyl (C=O) groups excluding carboxylic acids is 1. The zero-order valence-corrected chi connectivity index (χ0v) is 16.7. The summed E-state index contributed by atoms with van der Waals surface area (Å²) in [5.41, 5.74) is 1.42. The van der Waals surface area contributed by atoms with Crippen LogP contribution in [0.4, 0.5) is 5.82 Å². The molecule has 2 aromatic heterocycles. The highest BCUT2D eigenvalue weighted by Crippen LogP contribution is 2.26. The smallest absolute Gasteiger partial charge is 0.245 e.